The average Bonchev–Trinajstić information content (AvgIpc) is 2.48. The van der Waals surface area contributed by atoms with Gasteiger partial charge in [0.25, 0.3) is 0 Å². The minimum absolute atomic E-state index is 0.201. The molecule has 1 fully saturated rings. The number of rotatable bonds is 6. The standard InChI is InChI=1S/C16H23BrN2OS/c1-2-10-19-16(15(18)20)9-5-6-12(11-16)21-14-8-4-3-7-13(14)17/h3-4,7-8,12,19H,2,5-6,9-11H2,1H3,(H2,18,20). The number of nitrogens with one attached hydrogen (secondary N) is 1. The fourth-order valence-electron chi connectivity index (χ4n) is 2.88. The molecule has 5 heteroatoms. The van der Waals surface area contributed by atoms with Crippen LogP contribution in [-0.4, -0.2) is 23.2 Å². The van der Waals surface area contributed by atoms with Crippen LogP contribution in [0.25, 0.3) is 0 Å². The van der Waals surface area contributed by atoms with Gasteiger partial charge in [0.15, 0.2) is 0 Å². The van der Waals surface area contributed by atoms with Crippen LogP contribution in [0, 0.1) is 0 Å². The normalized spacial score (nSPS) is 25.7. The second-order valence-corrected chi connectivity index (χ2v) is 7.84. The number of carbonyl (C=O) groups excluding carboxylic acids is 1. The minimum atomic E-state index is -0.521. The molecule has 3 N–H and O–H groups in total. The van der Waals surface area contributed by atoms with E-state index < -0.39 is 5.54 Å². The van der Waals surface area contributed by atoms with E-state index in [-0.39, 0.29) is 5.91 Å². The lowest BCUT2D eigenvalue weighted by Crippen LogP contribution is -2.58. The molecule has 0 spiro atoms. The summed E-state index contributed by atoms with van der Waals surface area (Å²) in [6.07, 6.45) is 4.86. The Morgan fingerprint density at radius 3 is 2.95 bits per heavy atom. The van der Waals surface area contributed by atoms with Gasteiger partial charge >= 0.3 is 0 Å². The van der Waals surface area contributed by atoms with Crippen molar-refractivity contribution in [2.45, 2.75) is 54.7 Å². The zero-order valence-corrected chi connectivity index (χ0v) is 14.8. The molecule has 1 aromatic carbocycles. The molecule has 1 aliphatic carbocycles. The van der Waals surface area contributed by atoms with Crippen molar-refractivity contribution in [3.63, 3.8) is 0 Å². The van der Waals surface area contributed by atoms with Crippen molar-refractivity contribution in [2.75, 3.05) is 6.54 Å². The Kier molecular flexibility index (Phi) is 6.14. The van der Waals surface area contributed by atoms with Gasteiger partial charge in [-0.05, 0) is 66.7 Å². The largest absolute Gasteiger partial charge is 0.368 e. The highest BCUT2D eigenvalue weighted by Gasteiger charge is 2.41. The van der Waals surface area contributed by atoms with E-state index in [1.54, 1.807) is 0 Å². The fourth-order valence-corrected chi connectivity index (χ4v) is 4.79. The number of primary amides is 1. The Bertz CT molecular complexity index is 497. The molecule has 116 valence electrons. The number of thioether (sulfide) groups is 1. The Morgan fingerprint density at radius 2 is 2.29 bits per heavy atom. The molecule has 0 saturated heterocycles. The van der Waals surface area contributed by atoms with Crippen LogP contribution in [0.15, 0.2) is 33.6 Å². The lowest BCUT2D eigenvalue weighted by atomic mass is 9.80. The van der Waals surface area contributed by atoms with Crippen LogP contribution in [0.4, 0.5) is 0 Å². The summed E-state index contributed by atoms with van der Waals surface area (Å²) < 4.78 is 1.12. The molecule has 0 radical (unpaired) electrons. The molecule has 3 nitrogen and oxygen atoms in total. The third-order valence-electron chi connectivity index (χ3n) is 4.02. The first-order valence-electron chi connectivity index (χ1n) is 7.53. The monoisotopic (exact) mass is 370 g/mol. The summed E-state index contributed by atoms with van der Waals surface area (Å²) in [6, 6.07) is 8.24. The first-order chi connectivity index (χ1) is 10.1. The summed E-state index contributed by atoms with van der Waals surface area (Å²) in [5.74, 6) is -0.201. The van der Waals surface area contributed by atoms with Crippen LogP contribution >= 0.6 is 27.7 Å². The number of nitrogens with two attached hydrogens (primary N) is 1. The highest BCUT2D eigenvalue weighted by Crippen LogP contribution is 2.40. The van der Waals surface area contributed by atoms with Crippen molar-refractivity contribution < 1.29 is 4.79 Å². The Hall–Kier alpha value is -0.520. The van der Waals surface area contributed by atoms with E-state index in [0.29, 0.717) is 5.25 Å². The molecule has 1 amide bonds. The quantitative estimate of drug-likeness (QED) is 0.802. The SMILES string of the molecule is CCCNC1(C(N)=O)CCCC(Sc2ccccc2Br)C1. The lowest BCUT2D eigenvalue weighted by molar-refractivity contribution is -0.125. The van der Waals surface area contributed by atoms with E-state index in [0.717, 1.165) is 43.1 Å². The van der Waals surface area contributed by atoms with Crippen LogP contribution in [0.5, 0.6) is 0 Å². The van der Waals surface area contributed by atoms with E-state index >= 15 is 0 Å². The predicted octanol–water partition coefficient (Wildman–Crippen LogP) is 3.71. The number of hydrogen-bond donors (Lipinski definition) is 2. The summed E-state index contributed by atoms with van der Waals surface area (Å²) in [5.41, 5.74) is 5.19. The van der Waals surface area contributed by atoms with Crippen LogP contribution < -0.4 is 11.1 Å². The number of carbonyl (C=O) groups is 1. The van der Waals surface area contributed by atoms with Crippen molar-refractivity contribution >= 4 is 33.6 Å². The number of hydrogen-bond acceptors (Lipinski definition) is 3. The second-order valence-electron chi connectivity index (χ2n) is 5.64. The highest BCUT2D eigenvalue weighted by atomic mass is 79.9. The van der Waals surface area contributed by atoms with Gasteiger partial charge in [0.2, 0.25) is 5.91 Å². The van der Waals surface area contributed by atoms with Crippen molar-refractivity contribution in [1.29, 1.82) is 0 Å². The molecule has 2 unspecified atom stereocenters. The minimum Gasteiger partial charge on any atom is -0.368 e. The van der Waals surface area contributed by atoms with Crippen molar-refractivity contribution in [3.05, 3.63) is 28.7 Å². The summed E-state index contributed by atoms with van der Waals surface area (Å²) in [7, 11) is 0. The fraction of sp³-hybridized carbons (Fsp3) is 0.562. The lowest BCUT2D eigenvalue weighted by Gasteiger charge is -2.39. The molecule has 0 aliphatic heterocycles. The zero-order valence-electron chi connectivity index (χ0n) is 12.4. The van der Waals surface area contributed by atoms with E-state index in [9.17, 15) is 4.79 Å². The number of benzene rings is 1. The Balaban J connectivity index is 2.08. The first kappa shape index (κ1) is 16.8. The van der Waals surface area contributed by atoms with E-state index in [1.165, 1.54) is 4.90 Å². The maximum Gasteiger partial charge on any atom is 0.237 e. The van der Waals surface area contributed by atoms with Gasteiger partial charge in [0.1, 0.15) is 0 Å². The molecule has 1 saturated carbocycles. The third-order valence-corrected chi connectivity index (χ3v) is 6.32. The third kappa shape index (κ3) is 4.24. The van der Waals surface area contributed by atoms with Crippen molar-refractivity contribution in [3.8, 4) is 0 Å². The molecular weight excluding hydrogens is 348 g/mol. The highest BCUT2D eigenvalue weighted by molar-refractivity contribution is 9.10. The van der Waals surface area contributed by atoms with Crippen LogP contribution in [0.2, 0.25) is 0 Å². The molecule has 1 aliphatic rings. The van der Waals surface area contributed by atoms with Gasteiger partial charge in [-0.25, -0.2) is 0 Å². The average molecular weight is 371 g/mol. The molecule has 1 aromatic rings. The molecular formula is C16H23BrN2OS. The van der Waals surface area contributed by atoms with Gasteiger partial charge in [-0.1, -0.05) is 19.1 Å². The number of halogens is 1. The maximum atomic E-state index is 12.0. The first-order valence-corrected chi connectivity index (χ1v) is 9.21. The number of amides is 1. The summed E-state index contributed by atoms with van der Waals surface area (Å²) in [4.78, 5) is 13.2. The van der Waals surface area contributed by atoms with Crippen molar-refractivity contribution in [2.24, 2.45) is 5.73 Å². The molecule has 0 aromatic heterocycles. The molecule has 0 heterocycles. The summed E-state index contributed by atoms with van der Waals surface area (Å²) in [5, 5.41) is 3.84. The smallest absolute Gasteiger partial charge is 0.237 e. The van der Waals surface area contributed by atoms with Crippen LogP contribution in [-0.2, 0) is 4.79 Å². The Morgan fingerprint density at radius 1 is 1.52 bits per heavy atom. The van der Waals surface area contributed by atoms with Gasteiger partial charge in [-0.3, -0.25) is 4.79 Å². The Labute approximate surface area is 139 Å². The van der Waals surface area contributed by atoms with Gasteiger partial charge in [-0.15, -0.1) is 11.8 Å². The zero-order chi connectivity index (χ0) is 15.3. The summed E-state index contributed by atoms with van der Waals surface area (Å²) >= 11 is 5.44. The van der Waals surface area contributed by atoms with Crippen LogP contribution in [0.3, 0.4) is 0 Å². The molecule has 0 bridgehead atoms. The maximum absolute atomic E-state index is 12.0. The van der Waals surface area contributed by atoms with Gasteiger partial charge in [-0.2, -0.15) is 0 Å². The molecule has 2 atom stereocenters. The van der Waals surface area contributed by atoms with Gasteiger partial charge < -0.3 is 11.1 Å². The summed E-state index contributed by atoms with van der Waals surface area (Å²) in [6.45, 7) is 2.95. The molecule has 21 heavy (non-hydrogen) atoms. The van der Waals surface area contributed by atoms with E-state index in [2.05, 4.69) is 40.3 Å². The predicted molar refractivity (Wildman–Crippen MR) is 92.5 cm³/mol. The van der Waals surface area contributed by atoms with Gasteiger partial charge in [0.05, 0.1) is 5.54 Å². The van der Waals surface area contributed by atoms with Crippen LogP contribution in [0.1, 0.15) is 39.0 Å². The second kappa shape index (κ2) is 7.65. The van der Waals surface area contributed by atoms with Crippen molar-refractivity contribution in [1.82, 2.24) is 5.32 Å². The van der Waals surface area contributed by atoms with E-state index in [1.807, 2.05) is 23.9 Å². The van der Waals surface area contributed by atoms with E-state index in [4.69, 9.17) is 5.73 Å². The molecule has 2 rings (SSSR count). The topological polar surface area (TPSA) is 55.1 Å². The van der Waals surface area contributed by atoms with Gasteiger partial charge in [0, 0.05) is 14.6 Å².